The Kier molecular flexibility index (Phi) is 20.7. The summed E-state index contributed by atoms with van der Waals surface area (Å²) in [6, 6.07) is -9.47. The normalized spacial score (nSPS) is 27.8. The molecule has 7 N–H and O–H groups in total. The minimum absolute atomic E-state index is 0.0194. The van der Waals surface area contributed by atoms with Crippen LogP contribution in [0.4, 0.5) is 5.69 Å². The standard InChI is InChI=1S/C61H84N12O17/c1-25(2)41-57(83)72-21-17-18-35(72)56(82)68(13)23-37(75)70(15)31(10)60(86)88-32(11)44(55(81)64-41)67-53(79)39-40(62)49(77)30(9)51-46(39)63-45-34(20-19-28(7)50(45)90-51)52(78)66-43-33(12)89-61(87)47(27(5)6)71(16)38(76)24-69(14)59(85)48-36(74)22-29(8)73(48)58(84)42(26(3)4)65-54(43)80/h19-20,25-27,29,31-33,35-36,41-44,47-48,74H,17-18,21-24,62H2,1-16H3,(H,64,81)(H,65,80)(H,66,78)(H,67,79)/t29-,31+,32-,33-,35-,36+,41-,42+,43-,44-,47+,48+/m1/s1. The topological polar surface area (TPSA) is 380 Å². The predicted molar refractivity (Wildman–Crippen MR) is 322 cm³/mol. The summed E-state index contributed by atoms with van der Waals surface area (Å²) < 4.78 is 18.1. The fraction of sp³-hybridized carbons (Fsp3) is 0.607. The van der Waals surface area contributed by atoms with Crippen LogP contribution in [0.15, 0.2) is 21.3 Å². The lowest BCUT2D eigenvalue weighted by Crippen LogP contribution is -2.62. The van der Waals surface area contributed by atoms with Crippen LogP contribution in [0.3, 0.4) is 0 Å². The summed E-state index contributed by atoms with van der Waals surface area (Å²) in [5, 5.41) is 21.8. The number of fused-ring (bicyclic) bond motifs is 4. The van der Waals surface area contributed by atoms with Crippen LogP contribution in [0.25, 0.3) is 22.6 Å². The molecule has 7 rings (SSSR count). The van der Waals surface area contributed by atoms with Gasteiger partial charge in [-0.2, -0.15) is 0 Å². The molecule has 29 heteroatoms. The molecule has 90 heavy (non-hydrogen) atoms. The van der Waals surface area contributed by atoms with Crippen molar-refractivity contribution in [1.29, 1.82) is 0 Å². The number of hydrogen-bond donors (Lipinski definition) is 6. The lowest BCUT2D eigenvalue weighted by Gasteiger charge is -2.37. The molecule has 0 spiro atoms. The van der Waals surface area contributed by atoms with Crippen LogP contribution in [-0.2, 0) is 57.4 Å². The number of nitrogens with one attached hydrogen (secondary N) is 4. The van der Waals surface area contributed by atoms with Crippen molar-refractivity contribution in [3.63, 3.8) is 0 Å². The number of aliphatic hydroxyl groups excluding tert-OH is 1. The van der Waals surface area contributed by atoms with Crippen molar-refractivity contribution in [3.05, 3.63) is 44.6 Å². The summed E-state index contributed by atoms with van der Waals surface area (Å²) in [7, 11) is 5.37. The fourth-order valence-electron chi connectivity index (χ4n) is 12.0. The van der Waals surface area contributed by atoms with Gasteiger partial charge in [-0.15, -0.1) is 0 Å². The van der Waals surface area contributed by atoms with Gasteiger partial charge in [0.25, 0.3) is 11.8 Å². The zero-order valence-electron chi connectivity index (χ0n) is 53.7. The lowest BCUT2D eigenvalue weighted by molar-refractivity contribution is -0.163. The second kappa shape index (κ2) is 27.1. The van der Waals surface area contributed by atoms with E-state index in [4.69, 9.17) is 24.6 Å². The van der Waals surface area contributed by atoms with Crippen molar-refractivity contribution in [2.75, 3.05) is 53.6 Å². The van der Waals surface area contributed by atoms with Crippen LogP contribution >= 0.6 is 0 Å². The van der Waals surface area contributed by atoms with Crippen LogP contribution in [0, 0.1) is 31.6 Å². The number of ether oxygens (including phenoxy) is 2. The Morgan fingerprint density at radius 2 is 1.23 bits per heavy atom. The van der Waals surface area contributed by atoms with Gasteiger partial charge in [-0.25, -0.2) is 14.6 Å². The van der Waals surface area contributed by atoms with E-state index in [1.165, 1.54) is 82.7 Å². The van der Waals surface area contributed by atoms with Gasteiger partial charge >= 0.3 is 11.9 Å². The molecule has 0 radical (unpaired) electrons. The SMILES string of the molecule is Cc1c2oc3c(C)ccc(C(=O)N[C@H]4C(=O)N[C@@H](C(C)C)C(=O)N5[C@H](C)C[C@H](O)[C@H]5C(=O)N(C)CC(=O)N(C)[C@@H](C(C)C)C(=O)O[C@@H]4C)c3nc-2c(C(=O)N[C@H]2C(=O)N[C@H](C(C)C)C(=O)N3CCC[C@@H]3C(=O)N(C)CC(=O)N(C)[C@@H](C)C(=O)O[C@@H]2C)c(N)c1=O. The predicted octanol–water partition coefficient (Wildman–Crippen LogP) is -0.551. The molecule has 0 aromatic heterocycles. The molecule has 4 saturated heterocycles. The molecule has 5 heterocycles. The Hall–Kier alpha value is -8.76. The number of anilines is 1. The van der Waals surface area contributed by atoms with Crippen LogP contribution in [0.1, 0.15) is 120 Å². The maximum atomic E-state index is 15.1. The molecule has 0 unspecified atom stereocenters. The molecular weight excluding hydrogens is 1170 g/mol. The van der Waals surface area contributed by atoms with Crippen molar-refractivity contribution in [2.45, 2.75) is 175 Å². The average Bonchev–Trinajstić information content (AvgIpc) is 0.917. The molecule has 29 nitrogen and oxygen atoms in total. The molecular formula is C61H84N12O17. The number of esters is 2. The molecule has 10 amide bonds. The molecule has 1 aromatic rings. The summed E-state index contributed by atoms with van der Waals surface area (Å²) in [6.45, 7) is 17.4. The van der Waals surface area contributed by atoms with Gasteiger partial charge in [-0.3, -0.25) is 52.7 Å². The van der Waals surface area contributed by atoms with Crippen LogP contribution in [-0.4, -0.2) is 231 Å². The number of benzene rings is 2. The third-order valence-electron chi connectivity index (χ3n) is 17.6. The molecule has 4 fully saturated rings. The Morgan fingerprint density at radius 3 is 1.80 bits per heavy atom. The number of nitrogens with two attached hydrogens (primary N) is 1. The maximum absolute atomic E-state index is 15.1. The van der Waals surface area contributed by atoms with Gasteiger partial charge in [0, 0.05) is 46.3 Å². The number of amides is 10. The second-order valence-electron chi connectivity index (χ2n) is 25.2. The Labute approximate surface area is 520 Å². The quantitative estimate of drug-likeness (QED) is 0.0982. The Morgan fingerprint density at radius 1 is 0.700 bits per heavy atom. The molecule has 6 aliphatic rings. The fourth-order valence-corrected chi connectivity index (χ4v) is 12.0. The number of nitrogens with zero attached hydrogens (tertiary/aromatic N) is 7. The van der Waals surface area contributed by atoms with Gasteiger partial charge in [-0.1, -0.05) is 47.6 Å². The van der Waals surface area contributed by atoms with E-state index < -0.39 is 197 Å². The largest absolute Gasteiger partial charge is 0.458 e. The van der Waals surface area contributed by atoms with Crippen molar-refractivity contribution >= 4 is 87.8 Å². The summed E-state index contributed by atoms with van der Waals surface area (Å²) in [4.78, 5) is 198. The Balaban J connectivity index is 1.32. The van der Waals surface area contributed by atoms with Crippen LogP contribution in [0.2, 0.25) is 0 Å². The molecule has 1 aliphatic carbocycles. The first kappa shape index (κ1) is 68.7. The first-order valence-corrected chi connectivity index (χ1v) is 30.1. The molecule has 0 saturated carbocycles. The molecule has 490 valence electrons. The molecule has 12 atom stereocenters. The summed E-state index contributed by atoms with van der Waals surface area (Å²) in [5.74, 6) is -12.7. The van der Waals surface area contributed by atoms with Gasteiger partial charge in [0.2, 0.25) is 52.7 Å². The lowest BCUT2D eigenvalue weighted by atomic mass is 9.98. The van der Waals surface area contributed by atoms with Crippen molar-refractivity contribution in [1.82, 2.24) is 55.7 Å². The molecule has 0 bridgehead atoms. The van der Waals surface area contributed by atoms with E-state index in [0.717, 1.165) is 14.7 Å². The zero-order valence-corrected chi connectivity index (χ0v) is 53.7. The van der Waals surface area contributed by atoms with Gasteiger partial charge in [-0.05, 0) is 90.2 Å². The first-order chi connectivity index (χ1) is 42.0. The Bertz CT molecular complexity index is 3440. The molecule has 5 aliphatic heterocycles. The van der Waals surface area contributed by atoms with Crippen LogP contribution < -0.4 is 32.4 Å². The zero-order chi connectivity index (χ0) is 67.1. The summed E-state index contributed by atoms with van der Waals surface area (Å²) in [5.41, 5.74) is 3.35. The monoisotopic (exact) mass is 1260 g/mol. The number of carbonyl (C=O) groups excluding carboxylic acids is 12. The minimum atomic E-state index is -1.89. The maximum Gasteiger partial charge on any atom is 0.329 e. The number of likely N-dealkylation sites (N-methyl/N-ethyl adjacent to an activating group) is 4. The van der Waals surface area contributed by atoms with Gasteiger partial charge in [0.15, 0.2) is 11.3 Å². The van der Waals surface area contributed by atoms with E-state index in [0.29, 0.717) is 12.0 Å². The third kappa shape index (κ3) is 13.4. The number of rotatable bonds is 7. The number of aryl methyl sites for hydroxylation is 1. The number of cyclic esters (lactones) is 2. The number of carbonyl (C=O) groups is 12. The van der Waals surface area contributed by atoms with Gasteiger partial charge in [0.1, 0.15) is 71.8 Å². The number of aromatic nitrogens is 1. The average molecular weight is 1260 g/mol. The second-order valence-corrected chi connectivity index (χ2v) is 25.2. The van der Waals surface area contributed by atoms with E-state index in [9.17, 15) is 57.8 Å². The van der Waals surface area contributed by atoms with E-state index >= 15 is 9.59 Å². The third-order valence-corrected chi connectivity index (χ3v) is 17.6. The summed E-state index contributed by atoms with van der Waals surface area (Å²) in [6.07, 6.45) is -3.82. The van der Waals surface area contributed by atoms with E-state index in [1.807, 2.05) is 0 Å². The number of hydrogen-bond acceptors (Lipinski definition) is 19. The minimum Gasteiger partial charge on any atom is -0.458 e. The molecule has 1 aromatic carbocycles. The van der Waals surface area contributed by atoms with Crippen molar-refractivity contribution < 1.29 is 76.5 Å². The highest BCUT2D eigenvalue weighted by Crippen LogP contribution is 2.36. The highest BCUT2D eigenvalue weighted by atomic mass is 16.6. The van der Waals surface area contributed by atoms with Gasteiger partial charge in [0.05, 0.1) is 36.0 Å². The van der Waals surface area contributed by atoms with Gasteiger partial charge < -0.3 is 75.4 Å². The number of nitrogen functional groups attached to an aromatic ring is 1. The van der Waals surface area contributed by atoms with Crippen molar-refractivity contribution in [2.24, 2.45) is 17.8 Å². The van der Waals surface area contributed by atoms with E-state index in [1.54, 1.807) is 55.4 Å². The summed E-state index contributed by atoms with van der Waals surface area (Å²) >= 11 is 0. The van der Waals surface area contributed by atoms with E-state index in [2.05, 4.69) is 21.3 Å². The highest BCUT2D eigenvalue weighted by molar-refractivity contribution is 6.10. The number of aliphatic hydroxyl groups is 1. The first-order valence-electron chi connectivity index (χ1n) is 30.1. The highest BCUT2D eigenvalue weighted by Gasteiger charge is 2.50. The van der Waals surface area contributed by atoms with E-state index in [-0.39, 0.29) is 47.4 Å². The smallest absolute Gasteiger partial charge is 0.329 e. The van der Waals surface area contributed by atoms with Crippen LogP contribution in [0.5, 0.6) is 0 Å². The van der Waals surface area contributed by atoms with Crippen molar-refractivity contribution in [3.8, 4) is 11.5 Å².